The first kappa shape index (κ1) is 20.9. The van der Waals surface area contributed by atoms with Crippen LogP contribution >= 0.6 is 23.2 Å². The number of benzene rings is 3. The highest BCUT2D eigenvalue weighted by atomic mass is 35.5. The molecule has 0 fully saturated rings. The lowest BCUT2D eigenvalue weighted by molar-refractivity contribution is 0.0818. The van der Waals surface area contributed by atoms with Gasteiger partial charge in [0, 0.05) is 22.9 Å². The van der Waals surface area contributed by atoms with Gasteiger partial charge in [0.15, 0.2) is 6.10 Å². The van der Waals surface area contributed by atoms with Gasteiger partial charge in [-0.25, -0.2) is 0 Å². The maximum absolute atomic E-state index is 12.5. The highest BCUT2D eigenvalue weighted by molar-refractivity contribution is 6.42. The molecule has 3 rings (SSSR count). The molecule has 0 aliphatic rings. The minimum Gasteiger partial charge on any atom is -0.482 e. The molecule has 4 nitrogen and oxygen atoms in total. The second-order valence-corrected chi connectivity index (χ2v) is 7.42. The van der Waals surface area contributed by atoms with Gasteiger partial charge in [-0.1, -0.05) is 59.1 Å². The van der Waals surface area contributed by atoms with Gasteiger partial charge in [-0.05, 0) is 44.2 Å². The number of hydrogen-bond donors (Lipinski definition) is 1. The Morgan fingerprint density at radius 1 is 0.897 bits per heavy atom. The molecule has 1 N–H and O–H groups in total. The van der Waals surface area contributed by atoms with Crippen LogP contribution in [-0.2, 0) is 0 Å². The third-order valence-electron chi connectivity index (χ3n) is 4.29. The van der Waals surface area contributed by atoms with Crippen LogP contribution in [0.2, 0.25) is 10.0 Å². The summed E-state index contributed by atoms with van der Waals surface area (Å²) in [6.07, 6.45) is -0.668. The molecule has 0 aliphatic carbocycles. The maximum Gasteiger partial charge on any atom is 0.255 e. The fourth-order valence-electron chi connectivity index (χ4n) is 2.70. The number of nitrogens with one attached hydrogen (secondary N) is 1. The molecule has 3 aromatic carbocycles. The van der Waals surface area contributed by atoms with E-state index in [1.54, 1.807) is 55.5 Å². The van der Waals surface area contributed by atoms with Crippen molar-refractivity contribution in [3.05, 3.63) is 93.5 Å². The van der Waals surface area contributed by atoms with Crippen LogP contribution in [0, 0.1) is 6.92 Å². The lowest BCUT2D eigenvalue weighted by atomic mass is 10.1. The van der Waals surface area contributed by atoms with E-state index in [4.69, 9.17) is 27.9 Å². The van der Waals surface area contributed by atoms with Crippen molar-refractivity contribution in [1.29, 1.82) is 0 Å². The van der Waals surface area contributed by atoms with Crippen molar-refractivity contribution in [1.82, 2.24) is 0 Å². The summed E-state index contributed by atoms with van der Waals surface area (Å²) in [5.74, 6) is 0.0321. The molecule has 29 heavy (non-hydrogen) atoms. The molecule has 3 aromatic rings. The number of hydrogen-bond acceptors (Lipinski definition) is 3. The van der Waals surface area contributed by atoms with Gasteiger partial charge in [0.05, 0.1) is 10.0 Å². The lowest BCUT2D eigenvalue weighted by Gasteiger charge is -2.15. The van der Waals surface area contributed by atoms with E-state index < -0.39 is 6.10 Å². The number of carbonyl (C=O) groups excluding carboxylic acids is 2. The van der Waals surface area contributed by atoms with Gasteiger partial charge in [-0.2, -0.15) is 0 Å². The molecule has 6 heteroatoms. The normalized spacial score (nSPS) is 11.6. The molecule has 1 amide bonds. The van der Waals surface area contributed by atoms with Gasteiger partial charge in [-0.3, -0.25) is 9.59 Å². The summed E-state index contributed by atoms with van der Waals surface area (Å²) in [6.45, 7) is 3.66. The van der Waals surface area contributed by atoms with E-state index >= 15 is 0 Å². The van der Waals surface area contributed by atoms with Crippen molar-refractivity contribution in [2.24, 2.45) is 0 Å². The van der Waals surface area contributed by atoms with E-state index in [0.29, 0.717) is 32.6 Å². The average Bonchev–Trinajstić information content (AvgIpc) is 2.70. The number of ketones is 1. The Morgan fingerprint density at radius 2 is 1.59 bits per heavy atom. The fourth-order valence-corrected chi connectivity index (χ4v) is 3.00. The third-order valence-corrected chi connectivity index (χ3v) is 5.03. The summed E-state index contributed by atoms with van der Waals surface area (Å²) in [5.41, 5.74) is 2.59. The first-order valence-electron chi connectivity index (χ1n) is 8.97. The SMILES string of the molecule is Cc1ccc(C(=O)C(C)Oc2cccc(NC(=O)c3ccc(Cl)c(Cl)c3)c2)cc1. The van der Waals surface area contributed by atoms with Gasteiger partial charge < -0.3 is 10.1 Å². The van der Waals surface area contributed by atoms with Crippen LogP contribution in [0.5, 0.6) is 5.75 Å². The smallest absolute Gasteiger partial charge is 0.255 e. The van der Waals surface area contributed by atoms with Crippen LogP contribution < -0.4 is 10.1 Å². The van der Waals surface area contributed by atoms with Gasteiger partial charge >= 0.3 is 0 Å². The molecule has 0 saturated heterocycles. The van der Waals surface area contributed by atoms with Crippen molar-refractivity contribution in [3.63, 3.8) is 0 Å². The van der Waals surface area contributed by atoms with E-state index in [1.807, 2.05) is 19.1 Å². The second-order valence-electron chi connectivity index (χ2n) is 6.60. The molecule has 1 unspecified atom stereocenters. The highest BCUT2D eigenvalue weighted by Crippen LogP contribution is 2.24. The monoisotopic (exact) mass is 427 g/mol. The molecule has 0 bridgehead atoms. The zero-order valence-electron chi connectivity index (χ0n) is 15.9. The van der Waals surface area contributed by atoms with Crippen LogP contribution in [0.25, 0.3) is 0 Å². The highest BCUT2D eigenvalue weighted by Gasteiger charge is 2.17. The second kappa shape index (κ2) is 9.12. The number of Topliss-reactive ketones (excluding diaryl/α,β-unsaturated/α-hetero) is 1. The lowest BCUT2D eigenvalue weighted by Crippen LogP contribution is -2.24. The van der Waals surface area contributed by atoms with Crippen LogP contribution in [0.3, 0.4) is 0 Å². The van der Waals surface area contributed by atoms with Gasteiger partial charge in [0.2, 0.25) is 5.78 Å². The molecule has 148 valence electrons. The molecule has 0 heterocycles. The molecule has 0 saturated carbocycles. The summed E-state index contributed by atoms with van der Waals surface area (Å²) in [5, 5.41) is 3.47. The molecular formula is C23H19Cl2NO3. The zero-order chi connectivity index (χ0) is 21.0. The Bertz CT molecular complexity index is 1050. The van der Waals surface area contributed by atoms with E-state index in [0.717, 1.165) is 5.56 Å². The summed E-state index contributed by atoms with van der Waals surface area (Å²) in [4.78, 5) is 25.0. The van der Waals surface area contributed by atoms with Crippen molar-refractivity contribution in [2.45, 2.75) is 20.0 Å². The minimum atomic E-state index is -0.668. The first-order valence-corrected chi connectivity index (χ1v) is 9.73. The summed E-state index contributed by atoms with van der Waals surface area (Å²) >= 11 is 11.9. The topological polar surface area (TPSA) is 55.4 Å². The third kappa shape index (κ3) is 5.37. The number of halogens is 2. The van der Waals surface area contributed by atoms with Crippen molar-refractivity contribution in [3.8, 4) is 5.75 Å². The van der Waals surface area contributed by atoms with Crippen molar-refractivity contribution >= 4 is 40.6 Å². The Hall–Kier alpha value is -2.82. The van der Waals surface area contributed by atoms with Gasteiger partial charge in [0.1, 0.15) is 5.75 Å². The standard InChI is InChI=1S/C23H19Cl2NO3/c1-14-6-8-16(9-7-14)22(27)15(2)29-19-5-3-4-18(13-19)26-23(28)17-10-11-20(24)21(25)12-17/h3-13,15H,1-2H3,(H,26,28). The van der Waals surface area contributed by atoms with E-state index in [9.17, 15) is 9.59 Å². The zero-order valence-corrected chi connectivity index (χ0v) is 17.4. The van der Waals surface area contributed by atoms with Crippen molar-refractivity contribution < 1.29 is 14.3 Å². The van der Waals surface area contributed by atoms with Crippen molar-refractivity contribution in [2.75, 3.05) is 5.32 Å². The summed E-state index contributed by atoms with van der Waals surface area (Å²) in [6, 6.07) is 18.9. The Labute approximate surface area is 179 Å². The molecule has 0 aliphatic heterocycles. The van der Waals surface area contributed by atoms with E-state index in [2.05, 4.69) is 5.32 Å². The minimum absolute atomic E-state index is 0.116. The molecule has 0 radical (unpaired) electrons. The van der Waals surface area contributed by atoms with Crippen LogP contribution in [0.1, 0.15) is 33.2 Å². The number of rotatable bonds is 6. The summed E-state index contributed by atoms with van der Waals surface area (Å²) < 4.78 is 5.78. The summed E-state index contributed by atoms with van der Waals surface area (Å²) in [7, 11) is 0. The number of anilines is 1. The number of aryl methyl sites for hydroxylation is 1. The maximum atomic E-state index is 12.5. The molecule has 0 spiro atoms. The fraction of sp³-hybridized carbons (Fsp3) is 0.130. The Kier molecular flexibility index (Phi) is 6.57. The van der Waals surface area contributed by atoms with Crippen LogP contribution in [0.15, 0.2) is 66.7 Å². The Balaban J connectivity index is 1.68. The quantitative estimate of drug-likeness (QED) is 0.476. The molecule has 0 aromatic heterocycles. The largest absolute Gasteiger partial charge is 0.482 e. The first-order chi connectivity index (χ1) is 13.8. The van der Waals surface area contributed by atoms with E-state index in [1.165, 1.54) is 6.07 Å². The number of ether oxygens (including phenoxy) is 1. The molecule has 1 atom stereocenters. The number of carbonyl (C=O) groups is 2. The Morgan fingerprint density at radius 3 is 2.28 bits per heavy atom. The number of amides is 1. The van der Waals surface area contributed by atoms with Crippen LogP contribution in [-0.4, -0.2) is 17.8 Å². The van der Waals surface area contributed by atoms with Gasteiger partial charge in [-0.15, -0.1) is 0 Å². The predicted molar refractivity (Wildman–Crippen MR) is 116 cm³/mol. The van der Waals surface area contributed by atoms with Crippen LogP contribution in [0.4, 0.5) is 5.69 Å². The average molecular weight is 428 g/mol. The predicted octanol–water partition coefficient (Wildman–Crippen LogP) is 6.20. The van der Waals surface area contributed by atoms with E-state index in [-0.39, 0.29) is 11.7 Å². The molecular weight excluding hydrogens is 409 g/mol. The van der Waals surface area contributed by atoms with Gasteiger partial charge in [0.25, 0.3) is 5.91 Å².